The topological polar surface area (TPSA) is 501 Å². The molecule has 22 heterocycles. The molecule has 424 valence electrons. The van der Waals surface area contributed by atoms with Gasteiger partial charge in [0.1, 0.15) is 140 Å². The Labute approximate surface area is 413 Å². The zero-order chi connectivity index (χ0) is 53.3. The Kier molecular flexibility index (Phi) is 20.5. The molecule has 22 rings (SSSR count). The fourth-order valence-electron chi connectivity index (χ4n) is 9.58. The van der Waals surface area contributed by atoms with Gasteiger partial charge in [-0.05, 0) is 6.42 Å². The van der Waals surface area contributed by atoms with Crippen LogP contribution < -0.4 is 0 Å². The van der Waals surface area contributed by atoms with E-state index in [-0.39, 0.29) is 6.42 Å². The van der Waals surface area contributed by atoms with Gasteiger partial charge in [-0.15, -0.1) is 0 Å². The first-order chi connectivity index (χ1) is 34.7. The molecule has 73 heavy (non-hydrogen) atoms. The lowest BCUT2D eigenvalue weighted by atomic mass is 9.94. The van der Waals surface area contributed by atoms with Gasteiger partial charge >= 0.3 is 5.97 Å². The van der Waals surface area contributed by atoms with Crippen LogP contribution in [0.5, 0.6) is 0 Å². The molecule has 0 spiro atoms. The second-order valence-electron chi connectivity index (χ2n) is 18.6. The third-order valence-electron chi connectivity index (χ3n) is 13.8. The van der Waals surface area contributed by atoms with E-state index >= 15 is 0 Å². The first-order valence-corrected chi connectivity index (χ1v) is 23.6. The maximum Gasteiger partial charge on any atom is 0.308 e. The summed E-state index contributed by atoms with van der Waals surface area (Å²) in [4.78, 5) is 13.2. The van der Waals surface area contributed by atoms with Crippen molar-refractivity contribution in [3.05, 3.63) is 0 Å². The van der Waals surface area contributed by atoms with Crippen molar-refractivity contribution in [2.45, 2.75) is 210 Å². The Balaban J connectivity index is 1.23. The average Bonchev–Trinajstić information content (AvgIpc) is 3.38. The zero-order valence-corrected chi connectivity index (χ0v) is 38.8. The predicted molar refractivity (Wildman–Crippen MR) is 221 cm³/mol. The number of carbonyl (C=O) groups is 1. The van der Waals surface area contributed by atoms with Crippen LogP contribution in [0.4, 0.5) is 0 Å². The van der Waals surface area contributed by atoms with Gasteiger partial charge in [-0.2, -0.15) is 0 Å². The molecule has 0 aliphatic carbocycles. The molecule has 0 aromatic heterocycles. The van der Waals surface area contributed by atoms with Crippen LogP contribution in [0.15, 0.2) is 0 Å². The Hall–Kier alpha value is -1.73. The van der Waals surface area contributed by atoms with E-state index in [2.05, 4.69) is 0 Å². The maximum absolute atomic E-state index is 13.2. The van der Waals surface area contributed by atoms with Crippen LogP contribution in [-0.2, 0) is 66.4 Å². The monoisotopic (exact) mass is 1070 g/mol. The predicted octanol–water partition coefficient (Wildman–Crippen LogP) is -12.3. The van der Waals surface area contributed by atoms with Gasteiger partial charge in [-0.25, -0.2) is 0 Å². The summed E-state index contributed by atoms with van der Waals surface area (Å²) in [5, 5.41) is 198. The highest BCUT2D eigenvalue weighted by atomic mass is 16.8. The van der Waals surface area contributed by atoms with Crippen molar-refractivity contribution in [3.63, 3.8) is 0 Å². The highest BCUT2D eigenvalue weighted by molar-refractivity contribution is 5.70. The average molecular weight is 1070 g/mol. The molecule has 32 heteroatoms. The van der Waals surface area contributed by atoms with E-state index in [4.69, 9.17) is 61.6 Å². The number of rotatable bonds is 10. The first kappa shape index (κ1) is 58.9. The smallest absolute Gasteiger partial charge is 0.308 e. The van der Waals surface area contributed by atoms with Gasteiger partial charge in [-0.3, -0.25) is 4.79 Å². The maximum atomic E-state index is 13.2. The third kappa shape index (κ3) is 12.1. The number of aliphatic hydroxyl groups excluding tert-OH is 18. The summed E-state index contributed by atoms with van der Waals surface area (Å²) in [6, 6.07) is 0. The van der Waals surface area contributed by atoms with Crippen LogP contribution in [-0.4, -0.2) is 328 Å². The van der Waals surface area contributed by atoms with Crippen LogP contribution >= 0.6 is 0 Å². The molecule has 12 bridgehead atoms. The van der Waals surface area contributed by atoms with Crippen LogP contribution in [0.25, 0.3) is 0 Å². The largest absolute Gasteiger partial charge is 0.456 e. The minimum Gasteiger partial charge on any atom is -0.456 e. The molecular formula is C41H68O32. The lowest BCUT2D eigenvalue weighted by Crippen LogP contribution is -2.69. The number of carbonyl (C=O) groups excluding carboxylic acids is 1. The van der Waals surface area contributed by atoms with Crippen molar-refractivity contribution < 1.29 is 158 Å². The molecular weight excluding hydrogens is 1000 g/mol. The fourth-order valence-corrected chi connectivity index (χ4v) is 9.58. The Bertz CT molecular complexity index is 1710. The molecule has 22 aliphatic rings. The number of esters is 1. The highest BCUT2D eigenvalue weighted by Crippen LogP contribution is 2.38. The van der Waals surface area contributed by atoms with E-state index < -0.39 is 242 Å². The van der Waals surface area contributed by atoms with Crippen molar-refractivity contribution in [1.82, 2.24) is 0 Å². The van der Waals surface area contributed by atoms with Gasteiger partial charge in [0.05, 0.1) is 52.2 Å². The van der Waals surface area contributed by atoms with Crippen LogP contribution in [0.1, 0.15) is 19.8 Å². The second-order valence-corrected chi connectivity index (χ2v) is 18.6. The van der Waals surface area contributed by atoms with Gasteiger partial charge in [0.2, 0.25) is 0 Å². The standard InChI is InChI=1S/C41H68O32/c1-2-10(48)3-17(49)67-35-28(60)41-66-16(9-47)34(35)73-40-27(59)22(54)32(14(7-45)65-40)71-38-25(57)20(52)30(12(5-43)63-38)69-36-23(55)18(50)29(11(4-42)61-36)68-37-24(56)19(51)31(13(6-44)62-37)70-39-26(58)21(53)33(72-41)15(8-46)64-39/h10-16,18-48,50-60H,2-9H2,1H3/t10?,11-,12-,13-,14-,15-,16-,18-,19-,20-,21-,22-,23-,24-,25-,26-,27-,28-,29-,30-,31-,32-,33-,34+,35-,36-,37-,38-,39-,40-,41-/m1/s1. The summed E-state index contributed by atoms with van der Waals surface area (Å²) in [7, 11) is 0. The molecule has 0 saturated carbocycles. The molecule has 31 atom stereocenters. The molecule has 18 N–H and O–H groups in total. The second kappa shape index (κ2) is 25.4. The number of aliphatic hydroxyl groups is 18. The Morgan fingerprint density at radius 3 is 0.808 bits per heavy atom. The highest BCUT2D eigenvalue weighted by Gasteiger charge is 2.59. The van der Waals surface area contributed by atoms with E-state index in [1.54, 1.807) is 0 Å². The van der Waals surface area contributed by atoms with Crippen molar-refractivity contribution in [2.75, 3.05) is 39.6 Å². The summed E-state index contributed by atoms with van der Waals surface area (Å²) in [5.74, 6) is -1.17. The van der Waals surface area contributed by atoms with Crippen molar-refractivity contribution in [3.8, 4) is 0 Å². The lowest BCUT2D eigenvalue weighted by molar-refractivity contribution is -0.404. The summed E-state index contributed by atoms with van der Waals surface area (Å²) in [5.41, 5.74) is 0. The quantitative estimate of drug-likeness (QED) is 0.0903. The first-order valence-electron chi connectivity index (χ1n) is 23.6. The number of hydrogen-bond donors (Lipinski definition) is 18. The van der Waals surface area contributed by atoms with E-state index in [1.165, 1.54) is 6.92 Å². The molecule has 0 aromatic rings. The van der Waals surface area contributed by atoms with Gasteiger partial charge in [0.15, 0.2) is 43.8 Å². The van der Waals surface area contributed by atoms with Crippen molar-refractivity contribution in [2.24, 2.45) is 0 Å². The molecule has 32 nitrogen and oxygen atoms in total. The molecule has 1 unspecified atom stereocenters. The van der Waals surface area contributed by atoms with Gasteiger partial charge < -0.3 is 153 Å². The van der Waals surface area contributed by atoms with Crippen LogP contribution in [0, 0.1) is 0 Å². The molecule has 0 amide bonds. The minimum absolute atomic E-state index is 0.0634. The van der Waals surface area contributed by atoms with Gasteiger partial charge in [-0.1, -0.05) is 6.92 Å². The fraction of sp³-hybridized carbons (Fsp3) is 0.976. The van der Waals surface area contributed by atoms with E-state index in [0.29, 0.717) is 0 Å². The Morgan fingerprint density at radius 1 is 0.356 bits per heavy atom. The van der Waals surface area contributed by atoms with E-state index in [9.17, 15) is 96.7 Å². The number of ether oxygens (including phenoxy) is 13. The van der Waals surface area contributed by atoms with Crippen LogP contribution in [0.2, 0.25) is 0 Å². The molecule has 0 radical (unpaired) electrons. The number of hydrogen-bond acceptors (Lipinski definition) is 32. The summed E-state index contributed by atoms with van der Waals surface area (Å²) in [6.07, 6.45) is -61.8. The molecule has 22 aliphatic heterocycles. The third-order valence-corrected chi connectivity index (χ3v) is 13.8. The van der Waals surface area contributed by atoms with Crippen molar-refractivity contribution >= 4 is 5.97 Å². The summed E-state index contributed by atoms with van der Waals surface area (Å²) in [6.45, 7) is -4.70. The molecule has 0 aromatic carbocycles. The molecule has 22 saturated heterocycles. The van der Waals surface area contributed by atoms with Gasteiger partial charge in [0.25, 0.3) is 0 Å². The normalized spacial score (nSPS) is 51.5. The van der Waals surface area contributed by atoms with E-state index in [1.807, 2.05) is 0 Å². The zero-order valence-electron chi connectivity index (χ0n) is 38.8. The minimum atomic E-state index is -2.23. The summed E-state index contributed by atoms with van der Waals surface area (Å²) >= 11 is 0. The summed E-state index contributed by atoms with van der Waals surface area (Å²) < 4.78 is 74.4. The molecule has 22 fully saturated rings. The van der Waals surface area contributed by atoms with Gasteiger partial charge in [0, 0.05) is 0 Å². The van der Waals surface area contributed by atoms with Crippen molar-refractivity contribution in [1.29, 1.82) is 0 Å². The van der Waals surface area contributed by atoms with E-state index in [0.717, 1.165) is 0 Å². The van der Waals surface area contributed by atoms with Crippen LogP contribution in [0.3, 0.4) is 0 Å². The Morgan fingerprint density at radius 2 is 0.575 bits per heavy atom. The SMILES string of the molecule is CCC(O)CC(=O)O[C@@H]1[C@@H](O)[C@H]2O[C@H]3[C@H](O)[C@@H](O)[C@@H](O[C@H]4[C@H](O)[C@@H](O)[C@@H](O[C@H]5[C@H](O)[C@@H](O)[C@@H](O[C@H]6[C@H](O)[C@@H](O)[C@@H](O[C@H]7[C@H](O)[C@@H](O)[C@@H](O[C@H]1[C@@H](CO)O2)O[C@@H]7CO)O[C@@H]6CO)O[C@@H]5CO)O[C@@H]4CO)O[C@@H]3CO. The lowest BCUT2D eigenvalue weighted by Gasteiger charge is -2.51.